The van der Waals surface area contributed by atoms with Gasteiger partial charge in [0.2, 0.25) is 0 Å². The summed E-state index contributed by atoms with van der Waals surface area (Å²) < 4.78 is 5.48. The number of methoxy groups -OCH3 is 1. The van der Waals surface area contributed by atoms with Crippen LogP contribution in [-0.2, 0) is 5.54 Å². The fourth-order valence-electron chi connectivity index (χ4n) is 4.11. The first-order chi connectivity index (χ1) is 15.9. The SMILES string of the molecule is C#Cc1cc(C#C)cc(C2=CC(C)(c3cc(C#C)cc(C#C)c3)Nc3cc(OC)ccc32)c1. The second kappa shape index (κ2) is 8.40. The molecule has 1 N–H and O–H groups in total. The van der Waals surface area contributed by atoms with Gasteiger partial charge in [-0.3, -0.25) is 0 Å². The summed E-state index contributed by atoms with van der Waals surface area (Å²) in [5.74, 6) is 11.6. The lowest BCUT2D eigenvalue weighted by Crippen LogP contribution is -2.33. The van der Waals surface area contributed by atoms with E-state index in [-0.39, 0.29) is 0 Å². The first kappa shape index (κ1) is 21.5. The van der Waals surface area contributed by atoms with E-state index in [0.29, 0.717) is 0 Å². The third kappa shape index (κ3) is 3.95. The van der Waals surface area contributed by atoms with E-state index in [0.717, 1.165) is 56.0 Å². The second-order valence-corrected chi connectivity index (χ2v) is 7.97. The van der Waals surface area contributed by atoms with Gasteiger partial charge < -0.3 is 10.1 Å². The van der Waals surface area contributed by atoms with Crippen molar-refractivity contribution in [3.05, 3.63) is 99.6 Å². The highest BCUT2D eigenvalue weighted by Gasteiger charge is 2.32. The van der Waals surface area contributed by atoms with Crippen molar-refractivity contribution in [2.24, 2.45) is 0 Å². The summed E-state index contributed by atoms with van der Waals surface area (Å²) in [6.07, 6.45) is 25.0. The van der Waals surface area contributed by atoms with Gasteiger partial charge in [-0.25, -0.2) is 0 Å². The summed E-state index contributed by atoms with van der Waals surface area (Å²) in [6, 6.07) is 17.5. The zero-order valence-electron chi connectivity index (χ0n) is 18.5. The molecule has 2 heteroatoms. The fraction of sp³-hybridized carbons (Fsp3) is 0.0968. The molecule has 0 aromatic heterocycles. The molecule has 2 nitrogen and oxygen atoms in total. The number of anilines is 1. The number of hydrogen-bond donors (Lipinski definition) is 1. The lowest BCUT2D eigenvalue weighted by Gasteiger charge is -2.36. The third-order valence-electron chi connectivity index (χ3n) is 5.79. The van der Waals surface area contributed by atoms with Crippen LogP contribution < -0.4 is 10.1 Å². The summed E-state index contributed by atoms with van der Waals surface area (Å²) in [5.41, 5.74) is 7.07. The number of hydrogen-bond acceptors (Lipinski definition) is 2. The van der Waals surface area contributed by atoms with Crippen LogP contribution >= 0.6 is 0 Å². The quantitative estimate of drug-likeness (QED) is 0.570. The summed E-state index contributed by atoms with van der Waals surface area (Å²) in [4.78, 5) is 0. The molecule has 3 aromatic rings. The maximum absolute atomic E-state index is 5.71. The number of rotatable bonds is 3. The minimum absolute atomic E-state index is 0.615. The summed E-state index contributed by atoms with van der Waals surface area (Å²) in [6.45, 7) is 2.08. The molecule has 33 heavy (non-hydrogen) atoms. The summed E-state index contributed by atoms with van der Waals surface area (Å²) >= 11 is 0. The van der Waals surface area contributed by atoms with Gasteiger partial charge in [0.15, 0.2) is 0 Å². The molecule has 0 amide bonds. The van der Waals surface area contributed by atoms with E-state index in [1.807, 2.05) is 54.6 Å². The zero-order valence-corrected chi connectivity index (χ0v) is 18.5. The lowest BCUT2D eigenvalue weighted by molar-refractivity contribution is 0.415. The van der Waals surface area contributed by atoms with Crippen molar-refractivity contribution in [2.45, 2.75) is 12.5 Å². The molecular formula is C31H21NO. The van der Waals surface area contributed by atoms with Gasteiger partial charge in [-0.2, -0.15) is 0 Å². The van der Waals surface area contributed by atoms with Crippen molar-refractivity contribution >= 4 is 11.3 Å². The van der Waals surface area contributed by atoms with Crippen molar-refractivity contribution in [3.8, 4) is 55.1 Å². The molecule has 4 rings (SSSR count). The maximum atomic E-state index is 5.71. The van der Waals surface area contributed by atoms with Gasteiger partial charge in [0.1, 0.15) is 5.75 Å². The molecule has 1 unspecified atom stereocenters. The number of terminal acetylenes is 4. The molecule has 0 fully saturated rings. The molecular weight excluding hydrogens is 402 g/mol. The van der Waals surface area contributed by atoms with Crippen LogP contribution in [0, 0.1) is 49.4 Å². The Bertz CT molecular complexity index is 1410. The molecule has 1 aliphatic rings. The van der Waals surface area contributed by atoms with E-state index in [9.17, 15) is 0 Å². The van der Waals surface area contributed by atoms with Gasteiger partial charge in [0.25, 0.3) is 0 Å². The Morgan fingerprint density at radius 2 is 1.30 bits per heavy atom. The fourth-order valence-corrected chi connectivity index (χ4v) is 4.11. The monoisotopic (exact) mass is 423 g/mol. The molecule has 1 atom stereocenters. The van der Waals surface area contributed by atoms with Gasteiger partial charge >= 0.3 is 0 Å². The highest BCUT2D eigenvalue weighted by molar-refractivity contribution is 5.91. The summed E-state index contributed by atoms with van der Waals surface area (Å²) in [7, 11) is 1.64. The van der Waals surface area contributed by atoms with Crippen LogP contribution in [-0.4, -0.2) is 7.11 Å². The minimum Gasteiger partial charge on any atom is -0.497 e. The van der Waals surface area contributed by atoms with Crippen LogP contribution in [0.15, 0.2) is 60.7 Å². The zero-order chi connectivity index (χ0) is 23.6. The van der Waals surface area contributed by atoms with Crippen molar-refractivity contribution in [3.63, 3.8) is 0 Å². The van der Waals surface area contributed by atoms with E-state index >= 15 is 0 Å². The first-order valence-electron chi connectivity index (χ1n) is 10.3. The average molecular weight is 424 g/mol. The number of ether oxygens (including phenoxy) is 1. The Kier molecular flexibility index (Phi) is 5.47. The Morgan fingerprint density at radius 1 is 0.758 bits per heavy atom. The highest BCUT2D eigenvalue weighted by Crippen LogP contribution is 2.43. The van der Waals surface area contributed by atoms with Crippen LogP contribution in [0.4, 0.5) is 5.69 Å². The maximum Gasteiger partial charge on any atom is 0.120 e. The highest BCUT2D eigenvalue weighted by atomic mass is 16.5. The van der Waals surface area contributed by atoms with Crippen molar-refractivity contribution < 1.29 is 4.74 Å². The smallest absolute Gasteiger partial charge is 0.120 e. The van der Waals surface area contributed by atoms with E-state index in [1.54, 1.807) is 7.11 Å². The van der Waals surface area contributed by atoms with Crippen molar-refractivity contribution in [1.29, 1.82) is 0 Å². The molecule has 156 valence electrons. The Balaban J connectivity index is 2.01. The first-order valence-corrected chi connectivity index (χ1v) is 10.3. The van der Waals surface area contributed by atoms with E-state index in [1.165, 1.54) is 0 Å². The van der Waals surface area contributed by atoms with Gasteiger partial charge in [-0.1, -0.05) is 23.7 Å². The Hall–Kier alpha value is -4.76. The van der Waals surface area contributed by atoms with Gasteiger partial charge in [-0.15, -0.1) is 25.7 Å². The number of benzene rings is 3. The van der Waals surface area contributed by atoms with Crippen LogP contribution in [0.3, 0.4) is 0 Å². The average Bonchev–Trinajstić information content (AvgIpc) is 2.86. The van der Waals surface area contributed by atoms with Crippen LogP contribution in [0.1, 0.15) is 45.9 Å². The molecule has 1 aliphatic heterocycles. The summed E-state index contributed by atoms with van der Waals surface area (Å²) in [5, 5.41) is 3.65. The molecule has 0 spiro atoms. The number of nitrogens with one attached hydrogen (secondary N) is 1. The molecule has 0 aliphatic carbocycles. The predicted molar refractivity (Wildman–Crippen MR) is 136 cm³/mol. The molecule has 0 radical (unpaired) electrons. The third-order valence-corrected chi connectivity index (χ3v) is 5.79. The molecule has 0 bridgehead atoms. The van der Waals surface area contributed by atoms with E-state index in [2.05, 4.69) is 42.0 Å². The van der Waals surface area contributed by atoms with Crippen molar-refractivity contribution in [1.82, 2.24) is 0 Å². The Labute approximate surface area is 195 Å². The molecule has 3 aromatic carbocycles. The number of fused-ring (bicyclic) bond motifs is 1. The van der Waals surface area contributed by atoms with Crippen molar-refractivity contribution in [2.75, 3.05) is 12.4 Å². The van der Waals surface area contributed by atoms with Crippen LogP contribution in [0.2, 0.25) is 0 Å². The molecule has 1 heterocycles. The molecule has 0 saturated heterocycles. The van der Waals surface area contributed by atoms with E-state index < -0.39 is 5.54 Å². The normalized spacial score (nSPS) is 16.0. The largest absolute Gasteiger partial charge is 0.497 e. The Morgan fingerprint density at radius 3 is 1.82 bits per heavy atom. The van der Waals surface area contributed by atoms with Crippen LogP contribution in [0.5, 0.6) is 5.75 Å². The standard InChI is InChI=1S/C31H21NO/c1-7-21-13-22(8-2)16-25(15-21)29-20-31(5,26-17-23(9-3)14-24(10-4)18-26)32-30-19-27(33-6)11-12-28(29)30/h1-4,11-20,32H,5-6H3. The van der Waals surface area contributed by atoms with Gasteiger partial charge in [0, 0.05) is 39.6 Å². The minimum atomic E-state index is -0.615. The van der Waals surface area contributed by atoms with Gasteiger partial charge in [0.05, 0.1) is 12.6 Å². The topological polar surface area (TPSA) is 21.3 Å². The second-order valence-electron chi connectivity index (χ2n) is 7.97. The predicted octanol–water partition coefficient (Wildman–Crippen LogP) is 5.39. The van der Waals surface area contributed by atoms with Crippen LogP contribution in [0.25, 0.3) is 5.57 Å². The van der Waals surface area contributed by atoms with Gasteiger partial charge in [-0.05, 0) is 78.2 Å². The molecule has 0 saturated carbocycles. The lowest BCUT2D eigenvalue weighted by atomic mass is 9.80. The van der Waals surface area contributed by atoms with E-state index in [4.69, 9.17) is 30.4 Å².